The first-order valence-electron chi connectivity index (χ1n) is 8.23. The van der Waals surface area contributed by atoms with Gasteiger partial charge in [0, 0.05) is 24.3 Å². The lowest BCUT2D eigenvalue weighted by molar-refractivity contribution is 0.281. The van der Waals surface area contributed by atoms with Gasteiger partial charge in [-0.1, -0.05) is 54.6 Å². The number of benzene rings is 2. The highest BCUT2D eigenvalue weighted by atomic mass is 16.3. The number of aromatic nitrogens is 2. The van der Waals surface area contributed by atoms with E-state index in [1.54, 1.807) is 0 Å². The molecule has 1 aromatic heterocycles. The molecular weight excluding hydrogens is 298 g/mol. The van der Waals surface area contributed by atoms with Crippen molar-refractivity contribution in [2.75, 3.05) is 0 Å². The lowest BCUT2D eigenvalue weighted by atomic mass is 10.1. The average Bonchev–Trinajstić information content (AvgIpc) is 3.08. The smallest absolute Gasteiger partial charge is 0.0681 e. The molecule has 0 aliphatic heterocycles. The van der Waals surface area contributed by atoms with E-state index < -0.39 is 0 Å². The van der Waals surface area contributed by atoms with Crippen LogP contribution in [0, 0.1) is 0 Å². The Morgan fingerprint density at radius 3 is 2.62 bits per heavy atom. The molecule has 2 N–H and O–H groups in total. The topological polar surface area (TPSA) is 50.1 Å². The zero-order valence-electron chi connectivity index (χ0n) is 13.9. The number of hydrogen-bond acceptors (Lipinski definition) is 3. The van der Waals surface area contributed by atoms with Gasteiger partial charge in [0.1, 0.15) is 0 Å². The standard InChI is InChI=1S/C20H23N3O/c1-16(20-9-5-8-18(10-20)15-24)21-11-19-12-22-23(14-19)13-17-6-3-2-4-7-17/h2-10,12,14,16,21,24H,11,13,15H2,1H3. The first-order valence-corrected chi connectivity index (χ1v) is 8.23. The molecule has 0 spiro atoms. The quantitative estimate of drug-likeness (QED) is 0.702. The molecule has 0 radical (unpaired) electrons. The third-order valence-corrected chi connectivity index (χ3v) is 4.12. The van der Waals surface area contributed by atoms with E-state index in [0.29, 0.717) is 0 Å². The van der Waals surface area contributed by atoms with Crippen LogP contribution in [0.15, 0.2) is 67.0 Å². The lowest BCUT2D eigenvalue weighted by Crippen LogP contribution is -2.18. The van der Waals surface area contributed by atoms with E-state index in [9.17, 15) is 5.11 Å². The van der Waals surface area contributed by atoms with Gasteiger partial charge in [-0.05, 0) is 23.6 Å². The normalized spacial score (nSPS) is 12.2. The van der Waals surface area contributed by atoms with Crippen molar-refractivity contribution in [3.05, 3.63) is 89.2 Å². The van der Waals surface area contributed by atoms with Crippen molar-refractivity contribution in [3.63, 3.8) is 0 Å². The van der Waals surface area contributed by atoms with Gasteiger partial charge in [-0.3, -0.25) is 4.68 Å². The molecule has 0 aliphatic rings. The SMILES string of the molecule is CC(NCc1cnn(Cc2ccccc2)c1)c1cccc(CO)c1. The highest BCUT2D eigenvalue weighted by molar-refractivity contribution is 5.25. The molecule has 0 bridgehead atoms. The summed E-state index contributed by atoms with van der Waals surface area (Å²) < 4.78 is 1.96. The maximum absolute atomic E-state index is 9.24. The predicted octanol–water partition coefficient (Wildman–Crippen LogP) is 3.27. The fourth-order valence-electron chi connectivity index (χ4n) is 2.70. The molecule has 1 unspecified atom stereocenters. The largest absolute Gasteiger partial charge is 0.392 e. The lowest BCUT2D eigenvalue weighted by Gasteiger charge is -2.14. The van der Waals surface area contributed by atoms with Gasteiger partial charge in [0.2, 0.25) is 0 Å². The van der Waals surface area contributed by atoms with Gasteiger partial charge in [0.15, 0.2) is 0 Å². The second kappa shape index (κ2) is 7.90. The molecule has 3 rings (SSSR count). The van der Waals surface area contributed by atoms with E-state index in [0.717, 1.165) is 24.2 Å². The Labute approximate surface area is 142 Å². The van der Waals surface area contributed by atoms with Gasteiger partial charge >= 0.3 is 0 Å². The highest BCUT2D eigenvalue weighted by Gasteiger charge is 2.07. The van der Waals surface area contributed by atoms with Crippen LogP contribution < -0.4 is 5.32 Å². The maximum atomic E-state index is 9.24. The molecule has 0 aliphatic carbocycles. The Kier molecular flexibility index (Phi) is 5.41. The highest BCUT2D eigenvalue weighted by Crippen LogP contribution is 2.15. The Balaban J connectivity index is 1.56. The van der Waals surface area contributed by atoms with E-state index in [1.807, 2.05) is 47.3 Å². The molecule has 0 fully saturated rings. The number of aliphatic hydroxyl groups is 1. The van der Waals surface area contributed by atoms with E-state index in [4.69, 9.17) is 0 Å². The van der Waals surface area contributed by atoms with Gasteiger partial charge in [-0.2, -0.15) is 5.10 Å². The Morgan fingerprint density at radius 1 is 1.04 bits per heavy atom. The van der Waals surface area contributed by atoms with Crippen LogP contribution >= 0.6 is 0 Å². The van der Waals surface area contributed by atoms with Crippen LogP contribution in [-0.2, 0) is 19.7 Å². The first kappa shape index (κ1) is 16.4. The van der Waals surface area contributed by atoms with Crippen molar-refractivity contribution in [1.82, 2.24) is 15.1 Å². The summed E-state index contributed by atoms with van der Waals surface area (Å²) in [6.07, 6.45) is 3.99. The van der Waals surface area contributed by atoms with E-state index in [1.165, 1.54) is 11.1 Å². The van der Waals surface area contributed by atoms with Crippen molar-refractivity contribution in [2.45, 2.75) is 32.7 Å². The van der Waals surface area contributed by atoms with Gasteiger partial charge in [-0.25, -0.2) is 0 Å². The summed E-state index contributed by atoms with van der Waals surface area (Å²) in [5.41, 5.74) is 4.53. The van der Waals surface area contributed by atoms with Gasteiger partial charge in [0.05, 0.1) is 19.3 Å². The minimum atomic E-state index is 0.0762. The predicted molar refractivity (Wildman–Crippen MR) is 95.4 cm³/mol. The molecular formula is C20H23N3O. The summed E-state index contributed by atoms with van der Waals surface area (Å²) in [5.74, 6) is 0. The molecule has 0 amide bonds. The fraction of sp³-hybridized carbons (Fsp3) is 0.250. The third kappa shape index (κ3) is 4.31. The summed E-state index contributed by atoms with van der Waals surface area (Å²) >= 11 is 0. The fourth-order valence-corrected chi connectivity index (χ4v) is 2.70. The molecule has 24 heavy (non-hydrogen) atoms. The minimum absolute atomic E-state index is 0.0762. The van der Waals surface area contributed by atoms with Crippen LogP contribution in [0.25, 0.3) is 0 Å². The first-order chi connectivity index (χ1) is 11.7. The molecule has 1 atom stereocenters. The maximum Gasteiger partial charge on any atom is 0.0681 e. The van der Waals surface area contributed by atoms with E-state index in [-0.39, 0.29) is 12.6 Å². The van der Waals surface area contributed by atoms with Crippen LogP contribution in [0.4, 0.5) is 0 Å². The van der Waals surface area contributed by atoms with Crippen LogP contribution in [0.3, 0.4) is 0 Å². The van der Waals surface area contributed by atoms with E-state index >= 15 is 0 Å². The second-order valence-corrected chi connectivity index (χ2v) is 6.04. The molecule has 4 heteroatoms. The van der Waals surface area contributed by atoms with Crippen molar-refractivity contribution < 1.29 is 5.11 Å². The Bertz CT molecular complexity index is 767. The number of aliphatic hydroxyl groups excluding tert-OH is 1. The van der Waals surface area contributed by atoms with Crippen LogP contribution in [0.1, 0.15) is 35.2 Å². The van der Waals surface area contributed by atoms with Gasteiger partial charge in [0.25, 0.3) is 0 Å². The average molecular weight is 321 g/mol. The molecule has 4 nitrogen and oxygen atoms in total. The summed E-state index contributed by atoms with van der Waals surface area (Å²) in [7, 11) is 0. The number of rotatable bonds is 7. The summed E-state index contributed by atoms with van der Waals surface area (Å²) in [6.45, 7) is 3.76. The Morgan fingerprint density at radius 2 is 1.83 bits per heavy atom. The zero-order chi connectivity index (χ0) is 16.8. The number of nitrogens with one attached hydrogen (secondary N) is 1. The third-order valence-electron chi connectivity index (χ3n) is 4.12. The summed E-state index contributed by atoms with van der Waals surface area (Å²) in [5, 5.41) is 17.2. The van der Waals surface area contributed by atoms with Crippen molar-refractivity contribution in [3.8, 4) is 0 Å². The zero-order valence-corrected chi connectivity index (χ0v) is 13.9. The van der Waals surface area contributed by atoms with E-state index in [2.05, 4.69) is 41.7 Å². The van der Waals surface area contributed by atoms with Crippen LogP contribution in [0.2, 0.25) is 0 Å². The van der Waals surface area contributed by atoms with Gasteiger partial charge in [-0.15, -0.1) is 0 Å². The van der Waals surface area contributed by atoms with Crippen LogP contribution in [0.5, 0.6) is 0 Å². The van der Waals surface area contributed by atoms with Crippen molar-refractivity contribution in [1.29, 1.82) is 0 Å². The van der Waals surface area contributed by atoms with Crippen molar-refractivity contribution in [2.24, 2.45) is 0 Å². The molecule has 3 aromatic rings. The molecule has 124 valence electrons. The molecule has 1 heterocycles. The molecule has 2 aromatic carbocycles. The van der Waals surface area contributed by atoms with Crippen molar-refractivity contribution >= 4 is 0 Å². The summed E-state index contributed by atoms with van der Waals surface area (Å²) in [4.78, 5) is 0. The van der Waals surface area contributed by atoms with Gasteiger partial charge < -0.3 is 10.4 Å². The van der Waals surface area contributed by atoms with Crippen LogP contribution in [-0.4, -0.2) is 14.9 Å². The number of nitrogens with zero attached hydrogens (tertiary/aromatic N) is 2. The monoisotopic (exact) mass is 321 g/mol. The number of hydrogen-bond donors (Lipinski definition) is 2. The summed E-state index contributed by atoms with van der Waals surface area (Å²) in [6, 6.07) is 18.6. The molecule has 0 saturated carbocycles. The Hall–Kier alpha value is -2.43. The minimum Gasteiger partial charge on any atom is -0.392 e. The second-order valence-electron chi connectivity index (χ2n) is 6.04. The molecule has 0 saturated heterocycles.